The largest absolute Gasteiger partial charge is 0.484 e. The molecule has 0 unspecified atom stereocenters. The van der Waals surface area contributed by atoms with E-state index < -0.39 is 12.8 Å². The number of hydrogen-bond acceptors (Lipinski definition) is 3. The molecular formula is C17H16F3NO2S. The summed E-state index contributed by atoms with van der Waals surface area (Å²) in [7, 11) is 0. The molecule has 0 aliphatic rings. The van der Waals surface area contributed by atoms with Crippen LogP contribution >= 0.6 is 11.8 Å². The van der Waals surface area contributed by atoms with Gasteiger partial charge in [-0.1, -0.05) is 18.2 Å². The fourth-order valence-electron chi connectivity index (χ4n) is 1.80. The van der Waals surface area contributed by atoms with E-state index >= 15 is 0 Å². The molecule has 0 heterocycles. The standard InChI is InChI=1S/C17H16F3NO2S/c18-17(19,20)12-23-14-8-6-13(7-9-14)21-16(22)10-11-24-15-4-2-1-3-5-15/h1-9H,10-12H2,(H,21,22). The first-order valence-electron chi connectivity index (χ1n) is 7.20. The highest BCUT2D eigenvalue weighted by Crippen LogP contribution is 2.21. The van der Waals surface area contributed by atoms with E-state index in [0.717, 1.165) is 4.90 Å². The molecule has 2 rings (SSSR count). The van der Waals surface area contributed by atoms with Gasteiger partial charge < -0.3 is 10.1 Å². The third-order valence-electron chi connectivity index (χ3n) is 2.88. The number of hydrogen-bond donors (Lipinski definition) is 1. The molecule has 0 radical (unpaired) electrons. The first-order valence-corrected chi connectivity index (χ1v) is 8.18. The van der Waals surface area contributed by atoms with Gasteiger partial charge in [-0.2, -0.15) is 13.2 Å². The monoisotopic (exact) mass is 355 g/mol. The Morgan fingerprint density at radius 2 is 1.71 bits per heavy atom. The predicted molar refractivity (Wildman–Crippen MR) is 88.4 cm³/mol. The van der Waals surface area contributed by atoms with Gasteiger partial charge in [0.15, 0.2) is 6.61 Å². The molecule has 128 valence electrons. The Kier molecular flexibility index (Phi) is 6.54. The van der Waals surface area contributed by atoms with Gasteiger partial charge in [0.2, 0.25) is 5.91 Å². The quantitative estimate of drug-likeness (QED) is 0.729. The SMILES string of the molecule is O=C(CCSc1ccccc1)Nc1ccc(OCC(F)(F)F)cc1. The zero-order chi connectivity index (χ0) is 17.4. The normalized spacial score (nSPS) is 11.1. The van der Waals surface area contributed by atoms with Gasteiger partial charge >= 0.3 is 6.18 Å². The number of nitrogens with one attached hydrogen (secondary N) is 1. The lowest BCUT2D eigenvalue weighted by Crippen LogP contribution is -2.19. The van der Waals surface area contributed by atoms with Gasteiger partial charge in [0.25, 0.3) is 0 Å². The predicted octanol–water partition coefficient (Wildman–Crippen LogP) is 4.75. The Morgan fingerprint density at radius 3 is 2.33 bits per heavy atom. The van der Waals surface area contributed by atoms with E-state index in [-0.39, 0.29) is 11.7 Å². The van der Waals surface area contributed by atoms with Gasteiger partial charge in [0.05, 0.1) is 0 Å². The van der Waals surface area contributed by atoms with Crippen LogP contribution in [0.2, 0.25) is 0 Å². The Balaban J connectivity index is 1.73. The van der Waals surface area contributed by atoms with E-state index in [0.29, 0.717) is 17.9 Å². The van der Waals surface area contributed by atoms with Crippen molar-refractivity contribution < 1.29 is 22.7 Å². The smallest absolute Gasteiger partial charge is 0.422 e. The van der Waals surface area contributed by atoms with Crippen LogP contribution in [0.25, 0.3) is 0 Å². The van der Waals surface area contributed by atoms with E-state index in [4.69, 9.17) is 0 Å². The number of rotatable bonds is 7. The number of ether oxygens (including phenoxy) is 1. The van der Waals surface area contributed by atoms with Crippen LogP contribution in [0.3, 0.4) is 0 Å². The van der Waals surface area contributed by atoms with E-state index in [1.165, 1.54) is 24.3 Å². The number of carbonyl (C=O) groups is 1. The van der Waals surface area contributed by atoms with Gasteiger partial charge in [0, 0.05) is 22.8 Å². The number of benzene rings is 2. The molecule has 2 aromatic carbocycles. The summed E-state index contributed by atoms with van der Waals surface area (Å²) in [6.07, 6.45) is -4.03. The molecule has 0 bridgehead atoms. The highest BCUT2D eigenvalue weighted by Gasteiger charge is 2.28. The molecule has 0 aromatic heterocycles. The van der Waals surface area contributed by atoms with Gasteiger partial charge in [-0.25, -0.2) is 0 Å². The lowest BCUT2D eigenvalue weighted by molar-refractivity contribution is -0.153. The zero-order valence-corrected chi connectivity index (χ0v) is 13.5. The van der Waals surface area contributed by atoms with E-state index in [1.54, 1.807) is 11.8 Å². The van der Waals surface area contributed by atoms with Crippen molar-refractivity contribution in [2.45, 2.75) is 17.5 Å². The molecule has 0 aliphatic heterocycles. The summed E-state index contributed by atoms with van der Waals surface area (Å²) in [6, 6.07) is 15.5. The van der Waals surface area contributed by atoms with Gasteiger partial charge in [-0.05, 0) is 36.4 Å². The first kappa shape index (κ1) is 18.2. The Bertz CT molecular complexity index is 645. The summed E-state index contributed by atoms with van der Waals surface area (Å²) in [6.45, 7) is -1.34. The number of amides is 1. The topological polar surface area (TPSA) is 38.3 Å². The molecule has 24 heavy (non-hydrogen) atoms. The molecule has 0 fully saturated rings. The maximum Gasteiger partial charge on any atom is 0.422 e. The van der Waals surface area contributed by atoms with Crippen molar-refractivity contribution >= 4 is 23.4 Å². The molecule has 0 atom stereocenters. The van der Waals surface area contributed by atoms with Gasteiger partial charge in [0.1, 0.15) is 5.75 Å². The van der Waals surface area contributed by atoms with Crippen molar-refractivity contribution in [3.05, 3.63) is 54.6 Å². The summed E-state index contributed by atoms with van der Waals surface area (Å²) >= 11 is 1.58. The first-order chi connectivity index (χ1) is 11.4. The average molecular weight is 355 g/mol. The molecule has 7 heteroatoms. The molecule has 1 amide bonds. The van der Waals surface area contributed by atoms with Crippen LogP contribution < -0.4 is 10.1 Å². The third kappa shape index (κ3) is 6.95. The molecule has 0 aliphatic carbocycles. The van der Waals surface area contributed by atoms with Crippen molar-refractivity contribution in [2.24, 2.45) is 0 Å². The van der Waals surface area contributed by atoms with E-state index in [9.17, 15) is 18.0 Å². The maximum absolute atomic E-state index is 12.0. The molecule has 3 nitrogen and oxygen atoms in total. The molecule has 0 saturated carbocycles. The van der Waals surface area contributed by atoms with Crippen molar-refractivity contribution in [1.29, 1.82) is 0 Å². The van der Waals surface area contributed by atoms with Crippen LogP contribution in [0.4, 0.5) is 18.9 Å². The molecule has 0 saturated heterocycles. The lowest BCUT2D eigenvalue weighted by Gasteiger charge is -2.10. The number of anilines is 1. The summed E-state index contributed by atoms with van der Waals surface area (Å²) in [4.78, 5) is 12.9. The second-order valence-electron chi connectivity index (χ2n) is 4.89. The fraction of sp³-hybridized carbons (Fsp3) is 0.235. The number of halogens is 3. The maximum atomic E-state index is 12.0. The van der Waals surface area contributed by atoms with Crippen molar-refractivity contribution in [2.75, 3.05) is 17.7 Å². The van der Waals surface area contributed by atoms with Crippen LogP contribution in [0, 0.1) is 0 Å². The Hall–Kier alpha value is -2.15. The Morgan fingerprint density at radius 1 is 1.04 bits per heavy atom. The second-order valence-corrected chi connectivity index (χ2v) is 6.06. The minimum Gasteiger partial charge on any atom is -0.484 e. The molecule has 1 N–H and O–H groups in total. The number of thioether (sulfide) groups is 1. The van der Waals surface area contributed by atoms with Crippen molar-refractivity contribution in [3.63, 3.8) is 0 Å². The van der Waals surface area contributed by atoms with Crippen LogP contribution in [-0.4, -0.2) is 24.4 Å². The number of alkyl halides is 3. The van der Waals surface area contributed by atoms with Gasteiger partial charge in [-0.15, -0.1) is 11.8 Å². The van der Waals surface area contributed by atoms with E-state index in [2.05, 4.69) is 10.1 Å². The fourth-order valence-corrected chi connectivity index (χ4v) is 2.67. The third-order valence-corrected chi connectivity index (χ3v) is 3.90. The van der Waals surface area contributed by atoms with Crippen molar-refractivity contribution in [3.8, 4) is 5.75 Å². The summed E-state index contributed by atoms with van der Waals surface area (Å²) < 4.78 is 40.8. The summed E-state index contributed by atoms with van der Waals surface area (Å²) in [5.41, 5.74) is 0.518. The van der Waals surface area contributed by atoms with Crippen LogP contribution in [0.1, 0.15) is 6.42 Å². The Labute approximate surface area is 142 Å². The minimum atomic E-state index is -4.37. The minimum absolute atomic E-state index is 0.102. The van der Waals surface area contributed by atoms with Crippen LogP contribution in [0.5, 0.6) is 5.75 Å². The van der Waals surface area contributed by atoms with Crippen LogP contribution in [0.15, 0.2) is 59.5 Å². The zero-order valence-electron chi connectivity index (χ0n) is 12.7. The summed E-state index contributed by atoms with van der Waals surface area (Å²) in [5, 5.41) is 2.70. The van der Waals surface area contributed by atoms with E-state index in [1.807, 2.05) is 30.3 Å². The molecular weight excluding hydrogens is 339 g/mol. The number of carbonyl (C=O) groups excluding carboxylic acids is 1. The lowest BCUT2D eigenvalue weighted by atomic mass is 10.3. The van der Waals surface area contributed by atoms with Gasteiger partial charge in [-0.3, -0.25) is 4.79 Å². The van der Waals surface area contributed by atoms with Crippen molar-refractivity contribution in [1.82, 2.24) is 0 Å². The highest BCUT2D eigenvalue weighted by atomic mass is 32.2. The molecule has 2 aromatic rings. The van der Waals surface area contributed by atoms with Crippen LogP contribution in [-0.2, 0) is 4.79 Å². The summed E-state index contributed by atoms with van der Waals surface area (Å²) in [5.74, 6) is 0.593. The molecule has 0 spiro atoms. The second kappa shape index (κ2) is 8.63. The highest BCUT2D eigenvalue weighted by molar-refractivity contribution is 7.99. The average Bonchev–Trinajstić information content (AvgIpc) is 2.54.